The first-order valence-corrected chi connectivity index (χ1v) is 13.1. The van der Waals surface area contributed by atoms with Crippen LogP contribution in [0.25, 0.3) is 11.1 Å². The fourth-order valence-electron chi connectivity index (χ4n) is 5.41. The number of carbonyl (C=O) groups is 2. The fraction of sp³-hybridized carbons (Fsp3) is 0.483. The van der Waals surface area contributed by atoms with E-state index in [1.807, 2.05) is 45.0 Å². The lowest BCUT2D eigenvalue weighted by atomic mass is 9.87. The van der Waals surface area contributed by atoms with Gasteiger partial charge in [0, 0.05) is 6.54 Å². The van der Waals surface area contributed by atoms with Crippen molar-refractivity contribution in [1.29, 1.82) is 0 Å². The molecule has 2 aliphatic rings. The second-order valence-corrected chi connectivity index (χ2v) is 11.3. The second kappa shape index (κ2) is 9.82. The third-order valence-electron chi connectivity index (χ3n) is 7.29. The van der Waals surface area contributed by atoms with Crippen LogP contribution in [-0.2, 0) is 26.2 Å². The number of esters is 1. The summed E-state index contributed by atoms with van der Waals surface area (Å²) in [7, 11) is 0. The molecule has 2 fully saturated rings. The third-order valence-corrected chi connectivity index (χ3v) is 7.29. The van der Waals surface area contributed by atoms with Crippen LogP contribution in [0.1, 0.15) is 69.2 Å². The number of rotatable bonds is 8. The Kier molecular flexibility index (Phi) is 6.70. The number of aromatic nitrogens is 1. The van der Waals surface area contributed by atoms with E-state index in [9.17, 15) is 14.4 Å². The molecular weight excluding hydrogens is 470 g/mol. The summed E-state index contributed by atoms with van der Waals surface area (Å²) in [5.41, 5.74) is 1.79. The molecular formula is C29H35N3O5. The Bertz CT molecular complexity index is 1340. The van der Waals surface area contributed by atoms with Crippen LogP contribution in [0.4, 0.5) is 0 Å². The zero-order chi connectivity index (χ0) is 26.2. The molecule has 2 N–H and O–H groups in total. The molecule has 2 aromatic carbocycles. The SMILES string of the molecule is CC(C)(C)OC(=O)Cc1c(C2(C(=O)N[C@H](CN3CCCC3)c3ccccc3)CC2)ccc2oc(=O)[nH]c12. The predicted molar refractivity (Wildman–Crippen MR) is 140 cm³/mol. The number of fused-ring (bicyclic) bond motifs is 1. The summed E-state index contributed by atoms with van der Waals surface area (Å²) in [6.45, 7) is 8.26. The first kappa shape index (κ1) is 25.3. The zero-order valence-corrected chi connectivity index (χ0v) is 21.8. The van der Waals surface area contributed by atoms with E-state index >= 15 is 0 Å². The molecule has 5 rings (SSSR count). The summed E-state index contributed by atoms with van der Waals surface area (Å²) >= 11 is 0. The molecule has 1 aliphatic heterocycles. The monoisotopic (exact) mass is 505 g/mol. The highest BCUT2D eigenvalue weighted by molar-refractivity contribution is 5.95. The number of nitrogens with one attached hydrogen (secondary N) is 2. The maximum atomic E-state index is 14.0. The van der Waals surface area contributed by atoms with Gasteiger partial charge in [-0.3, -0.25) is 14.6 Å². The number of carbonyl (C=O) groups excluding carboxylic acids is 2. The fourth-order valence-corrected chi connectivity index (χ4v) is 5.41. The molecule has 2 heterocycles. The number of aromatic amines is 1. The van der Waals surface area contributed by atoms with Crippen molar-refractivity contribution < 1.29 is 18.7 Å². The number of nitrogens with zero attached hydrogens (tertiary/aromatic N) is 1. The lowest BCUT2D eigenvalue weighted by Crippen LogP contribution is -2.42. The summed E-state index contributed by atoms with van der Waals surface area (Å²) in [5.74, 6) is -1.08. The first-order chi connectivity index (χ1) is 17.6. The number of hydrogen-bond acceptors (Lipinski definition) is 6. The van der Waals surface area contributed by atoms with Gasteiger partial charge in [-0.25, -0.2) is 4.79 Å². The van der Waals surface area contributed by atoms with Crippen molar-refractivity contribution in [2.75, 3.05) is 19.6 Å². The molecule has 1 amide bonds. The van der Waals surface area contributed by atoms with Gasteiger partial charge in [-0.05, 0) is 82.3 Å². The molecule has 0 spiro atoms. The largest absolute Gasteiger partial charge is 0.460 e. The van der Waals surface area contributed by atoms with Crippen LogP contribution >= 0.6 is 0 Å². The molecule has 8 heteroatoms. The highest BCUT2D eigenvalue weighted by atomic mass is 16.6. The molecule has 3 aromatic rings. The Morgan fingerprint density at radius 3 is 2.46 bits per heavy atom. The van der Waals surface area contributed by atoms with E-state index in [1.165, 1.54) is 12.8 Å². The number of hydrogen-bond donors (Lipinski definition) is 2. The molecule has 0 bridgehead atoms. The maximum Gasteiger partial charge on any atom is 0.417 e. The molecule has 196 valence electrons. The smallest absolute Gasteiger partial charge is 0.417 e. The van der Waals surface area contributed by atoms with Crippen molar-refractivity contribution in [1.82, 2.24) is 15.2 Å². The van der Waals surface area contributed by atoms with Gasteiger partial charge < -0.3 is 19.4 Å². The Labute approximate surface area is 216 Å². The molecule has 1 atom stereocenters. The van der Waals surface area contributed by atoms with Gasteiger partial charge in [-0.1, -0.05) is 36.4 Å². The Morgan fingerprint density at radius 2 is 1.81 bits per heavy atom. The average Bonchev–Trinajstić information content (AvgIpc) is 3.30. The second-order valence-electron chi connectivity index (χ2n) is 11.3. The van der Waals surface area contributed by atoms with E-state index in [0.29, 0.717) is 29.5 Å². The van der Waals surface area contributed by atoms with E-state index in [4.69, 9.17) is 9.15 Å². The van der Waals surface area contributed by atoms with Gasteiger partial charge in [0.15, 0.2) is 5.58 Å². The van der Waals surface area contributed by atoms with E-state index < -0.39 is 22.7 Å². The van der Waals surface area contributed by atoms with Crippen molar-refractivity contribution in [3.05, 3.63) is 69.7 Å². The van der Waals surface area contributed by atoms with Crippen LogP contribution in [0.2, 0.25) is 0 Å². The van der Waals surface area contributed by atoms with Gasteiger partial charge in [-0.15, -0.1) is 0 Å². The average molecular weight is 506 g/mol. The van der Waals surface area contributed by atoms with Crippen molar-refractivity contribution in [3.8, 4) is 0 Å². The van der Waals surface area contributed by atoms with Gasteiger partial charge in [0.25, 0.3) is 0 Å². The minimum Gasteiger partial charge on any atom is -0.460 e. The van der Waals surface area contributed by atoms with E-state index in [-0.39, 0.29) is 18.4 Å². The van der Waals surface area contributed by atoms with Crippen LogP contribution in [-0.4, -0.2) is 47.0 Å². The normalized spacial score (nSPS) is 18.0. The number of oxazole rings is 1. The minimum atomic E-state index is -0.766. The first-order valence-electron chi connectivity index (χ1n) is 13.1. The third kappa shape index (κ3) is 5.49. The lowest BCUT2D eigenvalue weighted by molar-refractivity contribution is -0.154. The molecule has 8 nitrogen and oxygen atoms in total. The van der Waals surface area contributed by atoms with Crippen LogP contribution < -0.4 is 11.1 Å². The quantitative estimate of drug-likeness (QED) is 0.449. The standard InChI is InChI=1S/C29H35N3O5/c1-28(2,3)37-24(33)17-20-21(11-12-23-25(20)31-27(35)36-23)29(13-14-29)26(34)30-22(18-32-15-7-8-16-32)19-9-5-4-6-10-19/h4-6,9-12,22H,7-8,13-18H2,1-3H3,(H,30,34)(H,31,35)/t22-/m1/s1. The van der Waals surface area contributed by atoms with Crippen LogP contribution in [0.15, 0.2) is 51.7 Å². The van der Waals surface area contributed by atoms with E-state index in [0.717, 1.165) is 30.8 Å². The Hall–Kier alpha value is -3.39. The van der Waals surface area contributed by atoms with Gasteiger partial charge in [-0.2, -0.15) is 0 Å². The van der Waals surface area contributed by atoms with Crippen LogP contribution in [0.5, 0.6) is 0 Å². The summed E-state index contributed by atoms with van der Waals surface area (Å²) in [6, 6.07) is 13.5. The van der Waals surface area contributed by atoms with Crippen molar-refractivity contribution in [2.24, 2.45) is 0 Å². The Balaban J connectivity index is 1.47. The summed E-state index contributed by atoms with van der Waals surface area (Å²) in [4.78, 5) is 43.9. The molecule has 0 unspecified atom stereocenters. The van der Waals surface area contributed by atoms with E-state index in [1.54, 1.807) is 6.07 Å². The van der Waals surface area contributed by atoms with E-state index in [2.05, 4.69) is 27.3 Å². The molecule has 1 saturated heterocycles. The van der Waals surface area contributed by atoms with Crippen molar-refractivity contribution >= 4 is 23.0 Å². The highest BCUT2D eigenvalue weighted by Gasteiger charge is 2.53. The van der Waals surface area contributed by atoms with Crippen molar-refractivity contribution in [3.63, 3.8) is 0 Å². The van der Waals surface area contributed by atoms with Crippen LogP contribution in [0.3, 0.4) is 0 Å². The lowest BCUT2D eigenvalue weighted by Gasteiger charge is -2.28. The summed E-state index contributed by atoms with van der Waals surface area (Å²) < 4.78 is 10.8. The topological polar surface area (TPSA) is 105 Å². The number of benzene rings is 2. The maximum absolute atomic E-state index is 14.0. The molecule has 1 aromatic heterocycles. The molecule has 0 radical (unpaired) electrons. The van der Waals surface area contributed by atoms with Gasteiger partial charge >= 0.3 is 11.7 Å². The van der Waals surface area contributed by atoms with Gasteiger partial charge in [0.1, 0.15) is 5.60 Å². The molecule has 1 saturated carbocycles. The van der Waals surface area contributed by atoms with Crippen LogP contribution in [0, 0.1) is 0 Å². The number of amides is 1. The minimum absolute atomic E-state index is 0.0591. The molecule has 37 heavy (non-hydrogen) atoms. The summed E-state index contributed by atoms with van der Waals surface area (Å²) in [6.07, 6.45) is 3.62. The highest BCUT2D eigenvalue weighted by Crippen LogP contribution is 2.51. The number of likely N-dealkylation sites (tertiary alicyclic amines) is 1. The van der Waals surface area contributed by atoms with Gasteiger partial charge in [0.05, 0.1) is 23.4 Å². The predicted octanol–water partition coefficient (Wildman–Crippen LogP) is 3.99. The van der Waals surface area contributed by atoms with Crippen molar-refractivity contribution in [2.45, 2.75) is 69.9 Å². The Morgan fingerprint density at radius 1 is 1.11 bits per heavy atom. The zero-order valence-electron chi connectivity index (χ0n) is 21.8. The number of ether oxygens (including phenoxy) is 1. The van der Waals surface area contributed by atoms with Gasteiger partial charge in [0.2, 0.25) is 5.91 Å². The summed E-state index contributed by atoms with van der Waals surface area (Å²) in [5, 5.41) is 3.34. The number of H-pyrrole nitrogens is 1. The molecule has 1 aliphatic carbocycles.